The molecule has 40 heavy (non-hydrogen) atoms. The second-order valence-corrected chi connectivity index (χ2v) is 9.42. The topological polar surface area (TPSA) is 191 Å². The predicted octanol–water partition coefficient (Wildman–Crippen LogP) is -0.0360. The minimum atomic E-state index is -1.68. The molecule has 3 aliphatic rings. The van der Waals surface area contributed by atoms with Gasteiger partial charge < -0.3 is 54.0 Å². The predicted molar refractivity (Wildman–Crippen MR) is 135 cm³/mol. The lowest BCUT2D eigenvalue weighted by atomic mass is 9.83. The maximum atomic E-state index is 12.5. The van der Waals surface area contributed by atoms with Crippen molar-refractivity contribution in [1.29, 1.82) is 0 Å². The van der Waals surface area contributed by atoms with Gasteiger partial charge in [0.15, 0.2) is 17.8 Å². The molecule has 13 nitrogen and oxygen atoms in total. The number of aliphatic carboxylic acids is 1. The number of benzene rings is 1. The first-order valence-corrected chi connectivity index (χ1v) is 12.5. The van der Waals surface area contributed by atoms with Gasteiger partial charge in [-0.3, -0.25) is 0 Å². The van der Waals surface area contributed by atoms with Gasteiger partial charge in [-0.25, -0.2) is 9.59 Å². The van der Waals surface area contributed by atoms with E-state index >= 15 is 0 Å². The molecule has 4 rings (SSSR count). The van der Waals surface area contributed by atoms with Crippen LogP contribution < -0.4 is 9.47 Å². The number of carbonyl (C=O) groups excluding carboxylic acids is 1. The van der Waals surface area contributed by atoms with Crippen molar-refractivity contribution in [2.75, 3.05) is 27.4 Å². The molecular weight excluding hydrogens is 532 g/mol. The number of methoxy groups -OCH3 is 2. The Hall–Kier alpha value is -3.46. The van der Waals surface area contributed by atoms with E-state index in [0.29, 0.717) is 29.1 Å². The summed E-state index contributed by atoms with van der Waals surface area (Å²) in [5.74, 6) is -2.13. The van der Waals surface area contributed by atoms with Crippen LogP contribution in [-0.4, -0.2) is 102 Å². The molecule has 8 atom stereocenters. The summed E-state index contributed by atoms with van der Waals surface area (Å²) < 4.78 is 32.6. The summed E-state index contributed by atoms with van der Waals surface area (Å²) in [6.45, 7) is -0.843. The van der Waals surface area contributed by atoms with E-state index in [1.54, 1.807) is 24.3 Å². The number of fused-ring (bicyclic) bond motifs is 1. The Morgan fingerprint density at radius 2 is 1.80 bits per heavy atom. The third kappa shape index (κ3) is 6.14. The first-order chi connectivity index (χ1) is 19.2. The van der Waals surface area contributed by atoms with Gasteiger partial charge in [0, 0.05) is 12.0 Å². The second-order valence-electron chi connectivity index (χ2n) is 9.42. The number of rotatable bonds is 10. The highest BCUT2D eigenvalue weighted by Crippen LogP contribution is 2.44. The van der Waals surface area contributed by atoms with Crippen LogP contribution in [0.15, 0.2) is 47.8 Å². The van der Waals surface area contributed by atoms with Gasteiger partial charge in [-0.05, 0) is 35.8 Å². The molecule has 0 unspecified atom stereocenters. The number of hydrogen-bond donors (Lipinski definition) is 5. The van der Waals surface area contributed by atoms with Crippen LogP contribution in [0.1, 0.15) is 12.0 Å². The zero-order valence-electron chi connectivity index (χ0n) is 21.8. The zero-order chi connectivity index (χ0) is 29.0. The Bertz CT molecular complexity index is 1170. The van der Waals surface area contributed by atoms with Crippen LogP contribution in [-0.2, 0) is 28.5 Å². The molecule has 5 N–H and O–H groups in total. The number of allylic oxidation sites excluding steroid dienone is 1. The van der Waals surface area contributed by atoms with E-state index in [9.17, 15) is 35.1 Å². The minimum Gasteiger partial charge on any atom is -0.493 e. The van der Waals surface area contributed by atoms with Crippen LogP contribution in [0.2, 0.25) is 0 Å². The van der Waals surface area contributed by atoms with Crippen molar-refractivity contribution in [2.45, 2.75) is 43.4 Å². The molecule has 1 aromatic carbocycles. The fraction of sp³-hybridized carbons (Fsp3) is 0.481. The molecule has 0 amide bonds. The lowest BCUT2D eigenvalue weighted by Gasteiger charge is -2.42. The molecule has 0 spiro atoms. The second kappa shape index (κ2) is 12.8. The van der Waals surface area contributed by atoms with Crippen molar-refractivity contribution < 1.29 is 63.5 Å². The van der Waals surface area contributed by atoms with E-state index in [-0.39, 0.29) is 12.2 Å². The van der Waals surface area contributed by atoms with E-state index in [4.69, 9.17) is 28.4 Å². The van der Waals surface area contributed by atoms with Crippen LogP contribution >= 0.6 is 0 Å². The van der Waals surface area contributed by atoms with Crippen molar-refractivity contribution >= 4 is 18.0 Å². The summed E-state index contributed by atoms with van der Waals surface area (Å²) in [6, 6.07) is 5.11. The number of carboxylic acid groups (broad SMARTS) is 1. The Kier molecular flexibility index (Phi) is 9.45. The quantitative estimate of drug-likeness (QED) is 0.145. The highest BCUT2D eigenvalue weighted by atomic mass is 16.8. The number of esters is 1. The molecule has 0 bridgehead atoms. The standard InChI is InChI=1S/C27H32O13/c1-35-17-7-3-13(9-18(17)36-2)4-8-20(29)37-11-14-5-6-15-16(25(33)34)12-38-26(21(14)15)40-27-24(32)23(31)22(30)19(10-28)39-27/h3-5,7-9,12,15,19,21-24,26-28,30-32H,6,10-11H2,1-2H3,(H,33,34)/b8-4+/t15-,19-,21-,22-,23+,24-,26+,27+/m1/s1. The number of ether oxygens (including phenoxy) is 6. The largest absolute Gasteiger partial charge is 0.493 e. The van der Waals surface area contributed by atoms with Crippen molar-refractivity contribution in [1.82, 2.24) is 0 Å². The van der Waals surface area contributed by atoms with E-state index < -0.39 is 67.4 Å². The first-order valence-electron chi connectivity index (χ1n) is 12.5. The molecule has 1 aromatic rings. The van der Waals surface area contributed by atoms with Gasteiger partial charge in [0.2, 0.25) is 6.29 Å². The van der Waals surface area contributed by atoms with Crippen LogP contribution in [0, 0.1) is 11.8 Å². The van der Waals surface area contributed by atoms with Crippen molar-refractivity contribution in [3.63, 3.8) is 0 Å². The normalized spacial score (nSPS) is 31.6. The minimum absolute atomic E-state index is 0.00965. The molecule has 0 saturated carbocycles. The summed E-state index contributed by atoms with van der Waals surface area (Å²) >= 11 is 0. The molecule has 2 heterocycles. The van der Waals surface area contributed by atoms with Gasteiger partial charge >= 0.3 is 11.9 Å². The molecule has 0 radical (unpaired) electrons. The maximum Gasteiger partial charge on any atom is 0.335 e. The van der Waals surface area contributed by atoms with Gasteiger partial charge in [-0.1, -0.05) is 12.1 Å². The van der Waals surface area contributed by atoms with Gasteiger partial charge in [0.25, 0.3) is 0 Å². The first kappa shape index (κ1) is 29.5. The average molecular weight is 565 g/mol. The number of aliphatic hydroxyl groups is 4. The average Bonchev–Trinajstić information content (AvgIpc) is 3.39. The SMILES string of the molecule is COc1ccc(/C=C/C(=O)OCC2=CC[C@@H]3C(C(=O)O)=CO[C@@H](O[C@@H]4O[C@H](CO)[C@@H](O)[C@H](O)[C@H]4O)[C@H]23)cc1OC. The van der Waals surface area contributed by atoms with Crippen LogP contribution in [0.5, 0.6) is 11.5 Å². The van der Waals surface area contributed by atoms with E-state index in [1.165, 1.54) is 26.4 Å². The summed E-state index contributed by atoms with van der Waals surface area (Å²) in [6.07, 6.45) is -2.98. The van der Waals surface area contributed by atoms with Crippen molar-refractivity contribution in [3.8, 4) is 11.5 Å². The Labute approximate surface area is 229 Å². The lowest BCUT2D eigenvalue weighted by Crippen LogP contribution is -2.60. The number of hydrogen-bond acceptors (Lipinski definition) is 12. The smallest absolute Gasteiger partial charge is 0.335 e. The highest BCUT2D eigenvalue weighted by molar-refractivity contribution is 5.88. The molecule has 1 fully saturated rings. The summed E-state index contributed by atoms with van der Waals surface area (Å²) in [7, 11) is 3.01. The highest BCUT2D eigenvalue weighted by Gasteiger charge is 2.49. The number of carbonyl (C=O) groups is 2. The Balaban J connectivity index is 1.44. The number of aliphatic hydroxyl groups excluding tert-OH is 4. The van der Waals surface area contributed by atoms with Crippen LogP contribution in [0.25, 0.3) is 6.08 Å². The van der Waals surface area contributed by atoms with Crippen molar-refractivity contribution in [2.24, 2.45) is 11.8 Å². The molecule has 0 aromatic heterocycles. The third-order valence-corrected chi connectivity index (χ3v) is 7.08. The third-order valence-electron chi connectivity index (χ3n) is 7.08. The molecule has 2 aliphatic heterocycles. The molecule has 1 saturated heterocycles. The maximum absolute atomic E-state index is 12.5. The van der Waals surface area contributed by atoms with Crippen molar-refractivity contribution in [3.05, 3.63) is 53.3 Å². The van der Waals surface area contributed by atoms with Crippen LogP contribution in [0.4, 0.5) is 0 Å². The zero-order valence-corrected chi connectivity index (χ0v) is 21.8. The monoisotopic (exact) mass is 564 g/mol. The molecule has 13 heteroatoms. The fourth-order valence-corrected chi connectivity index (χ4v) is 4.93. The molecular formula is C27H32O13. The summed E-state index contributed by atoms with van der Waals surface area (Å²) in [5, 5.41) is 49.6. The molecule has 1 aliphatic carbocycles. The molecule has 218 valence electrons. The van der Waals surface area contributed by atoms with E-state index in [1.807, 2.05) is 0 Å². The summed E-state index contributed by atoms with van der Waals surface area (Å²) in [5.41, 5.74) is 1.18. The Morgan fingerprint density at radius 1 is 1.05 bits per heavy atom. The van der Waals surface area contributed by atoms with E-state index in [0.717, 1.165) is 6.26 Å². The fourth-order valence-electron chi connectivity index (χ4n) is 4.93. The number of carboxylic acids is 1. The lowest BCUT2D eigenvalue weighted by molar-refractivity contribution is -0.339. The van der Waals surface area contributed by atoms with Gasteiger partial charge in [0.05, 0.1) is 38.6 Å². The van der Waals surface area contributed by atoms with Gasteiger partial charge in [-0.2, -0.15) is 0 Å². The van der Waals surface area contributed by atoms with E-state index in [2.05, 4.69) is 0 Å². The Morgan fingerprint density at radius 3 is 2.48 bits per heavy atom. The van der Waals surface area contributed by atoms with Crippen LogP contribution in [0.3, 0.4) is 0 Å². The summed E-state index contributed by atoms with van der Waals surface area (Å²) in [4.78, 5) is 24.3. The van der Waals surface area contributed by atoms with Gasteiger partial charge in [0.1, 0.15) is 31.0 Å². The van der Waals surface area contributed by atoms with Gasteiger partial charge in [-0.15, -0.1) is 0 Å².